The molecule has 2 heterocycles. The normalized spacial score (nSPS) is 22.4. The van der Waals surface area contributed by atoms with Gasteiger partial charge in [-0.25, -0.2) is 4.39 Å². The topological polar surface area (TPSA) is 106 Å². The molecule has 1 aliphatic rings. The second kappa shape index (κ2) is 10.2. The second-order valence-corrected chi connectivity index (χ2v) is 8.42. The Morgan fingerprint density at radius 1 is 1.00 bits per heavy atom. The van der Waals surface area contributed by atoms with Crippen LogP contribution < -0.4 is 4.74 Å². The van der Waals surface area contributed by atoms with E-state index in [1.54, 1.807) is 13.2 Å². The summed E-state index contributed by atoms with van der Waals surface area (Å²) in [6.07, 6.45) is -0.319. The van der Waals surface area contributed by atoms with Crippen molar-refractivity contribution in [3.63, 3.8) is 0 Å². The van der Waals surface area contributed by atoms with Gasteiger partial charge in [-0.05, 0) is 17.7 Å². The molecule has 0 bridgehead atoms. The smallest absolute Gasteiger partial charge is 0.303 e. The molecule has 0 radical (unpaired) electrons. The predicted octanol–water partition coefficient (Wildman–Crippen LogP) is 2.61. The van der Waals surface area contributed by atoms with Crippen molar-refractivity contribution in [3.8, 4) is 16.9 Å². The number of hydrogen-bond acceptors (Lipinski definition) is 9. The fraction of sp³-hybridized carbons (Fsp3) is 0.429. The molecule has 178 valence electrons. The first-order chi connectivity index (χ1) is 15.5. The largest absolute Gasteiger partial charge is 0.472 e. The van der Waals surface area contributed by atoms with Gasteiger partial charge in [0.1, 0.15) is 0 Å². The van der Waals surface area contributed by atoms with Crippen LogP contribution in [0.2, 0.25) is 0 Å². The SMILES string of the molecule is CC(=O)O[C@@H]1[C@@H](OC(C)=O)[C@@H](Oc2cc(-c3cnn(C)c3)cc(F)c2F)SC[C@H]1OC(C)=O. The van der Waals surface area contributed by atoms with Gasteiger partial charge in [-0.3, -0.25) is 19.1 Å². The van der Waals surface area contributed by atoms with Crippen LogP contribution in [0.3, 0.4) is 0 Å². The van der Waals surface area contributed by atoms with Gasteiger partial charge in [0.25, 0.3) is 0 Å². The second-order valence-electron chi connectivity index (χ2n) is 7.29. The summed E-state index contributed by atoms with van der Waals surface area (Å²) in [6, 6.07) is 2.30. The van der Waals surface area contributed by atoms with Crippen molar-refractivity contribution < 1.29 is 42.1 Å². The summed E-state index contributed by atoms with van der Waals surface area (Å²) in [7, 11) is 1.68. The molecule has 0 unspecified atom stereocenters. The number of halogens is 2. The minimum atomic E-state index is -1.26. The van der Waals surface area contributed by atoms with Gasteiger partial charge >= 0.3 is 17.9 Å². The van der Waals surface area contributed by atoms with Crippen LogP contribution in [0.1, 0.15) is 20.8 Å². The van der Waals surface area contributed by atoms with E-state index in [2.05, 4.69) is 5.10 Å². The number of carbonyl (C=O) groups excluding carboxylic acids is 3. The number of hydrogen-bond donors (Lipinski definition) is 0. The van der Waals surface area contributed by atoms with Crippen molar-refractivity contribution in [1.82, 2.24) is 9.78 Å². The number of nitrogens with zero attached hydrogens (tertiary/aromatic N) is 2. The van der Waals surface area contributed by atoms with Gasteiger partial charge in [0, 0.05) is 45.3 Å². The van der Waals surface area contributed by atoms with E-state index in [0.29, 0.717) is 11.1 Å². The third-order valence-corrected chi connectivity index (χ3v) is 5.79. The zero-order chi connectivity index (χ0) is 24.3. The highest BCUT2D eigenvalue weighted by molar-refractivity contribution is 7.99. The van der Waals surface area contributed by atoms with Crippen molar-refractivity contribution in [1.29, 1.82) is 0 Å². The summed E-state index contributed by atoms with van der Waals surface area (Å²) in [5.41, 5.74) is -0.249. The average molecular weight is 484 g/mol. The van der Waals surface area contributed by atoms with Crippen LogP contribution in [0, 0.1) is 11.6 Å². The summed E-state index contributed by atoms with van der Waals surface area (Å²) in [4.78, 5) is 34.9. The summed E-state index contributed by atoms with van der Waals surface area (Å²) in [6.45, 7) is 3.45. The zero-order valence-electron chi connectivity index (χ0n) is 18.2. The van der Waals surface area contributed by atoms with Crippen LogP contribution in [-0.4, -0.2) is 57.2 Å². The first-order valence-corrected chi connectivity index (χ1v) is 10.9. The monoisotopic (exact) mass is 484 g/mol. The number of rotatable bonds is 6. The number of aryl methyl sites for hydroxylation is 1. The highest BCUT2D eigenvalue weighted by Crippen LogP contribution is 2.36. The quantitative estimate of drug-likeness (QED) is 0.452. The Hall–Kier alpha value is -3.15. The number of esters is 3. The fourth-order valence-corrected chi connectivity index (χ4v) is 4.53. The summed E-state index contributed by atoms with van der Waals surface area (Å²) in [5, 5.41) is 4.01. The van der Waals surface area contributed by atoms with Crippen molar-refractivity contribution >= 4 is 29.7 Å². The molecule has 0 amide bonds. The molecular weight excluding hydrogens is 462 g/mol. The molecule has 0 spiro atoms. The molecule has 1 aromatic carbocycles. The maximum atomic E-state index is 14.6. The van der Waals surface area contributed by atoms with Crippen molar-refractivity contribution in [2.24, 2.45) is 7.05 Å². The Balaban J connectivity index is 1.95. The van der Waals surface area contributed by atoms with E-state index in [9.17, 15) is 23.2 Å². The van der Waals surface area contributed by atoms with E-state index in [0.717, 1.165) is 31.7 Å². The van der Waals surface area contributed by atoms with E-state index in [1.165, 1.54) is 23.9 Å². The third kappa shape index (κ3) is 6.01. The molecule has 4 atom stereocenters. The standard InChI is InChI=1S/C21H22F2N2O7S/c1-10(26)29-17-9-33-21(20(31-12(3)28)19(17)30-11(2)27)32-16-6-13(5-15(22)18(16)23)14-7-24-25(4)8-14/h5-8,17,19-21H,9H2,1-4H3/t17-,19+,20-,21+/m1/s1. The van der Waals surface area contributed by atoms with Gasteiger partial charge in [-0.1, -0.05) is 0 Å². The van der Waals surface area contributed by atoms with Crippen LogP contribution in [0.25, 0.3) is 11.1 Å². The average Bonchev–Trinajstić information content (AvgIpc) is 3.14. The van der Waals surface area contributed by atoms with Gasteiger partial charge in [0.2, 0.25) is 5.82 Å². The lowest BCUT2D eigenvalue weighted by molar-refractivity contribution is -0.186. The predicted molar refractivity (Wildman–Crippen MR) is 112 cm³/mol. The van der Waals surface area contributed by atoms with Crippen molar-refractivity contribution in [2.45, 2.75) is 44.5 Å². The summed E-state index contributed by atoms with van der Waals surface area (Å²) < 4.78 is 52.0. The Bertz CT molecular complexity index is 1060. The van der Waals surface area contributed by atoms with Gasteiger partial charge < -0.3 is 18.9 Å². The van der Waals surface area contributed by atoms with E-state index < -0.39 is 59.0 Å². The molecular formula is C21H22F2N2O7S. The van der Waals surface area contributed by atoms with Crippen LogP contribution in [0.4, 0.5) is 8.78 Å². The van der Waals surface area contributed by atoms with E-state index in [-0.39, 0.29) is 5.75 Å². The van der Waals surface area contributed by atoms with Crippen LogP contribution >= 0.6 is 11.8 Å². The Kier molecular flexibility index (Phi) is 7.57. The van der Waals surface area contributed by atoms with Crippen LogP contribution in [-0.2, 0) is 35.6 Å². The molecule has 1 aromatic heterocycles. The van der Waals surface area contributed by atoms with E-state index >= 15 is 0 Å². The first-order valence-electron chi connectivity index (χ1n) is 9.83. The minimum Gasteiger partial charge on any atom is -0.472 e. The molecule has 1 aliphatic heterocycles. The number of aromatic nitrogens is 2. The maximum Gasteiger partial charge on any atom is 0.303 e. The van der Waals surface area contributed by atoms with Gasteiger partial charge in [-0.15, -0.1) is 11.8 Å². The zero-order valence-corrected chi connectivity index (χ0v) is 19.1. The highest BCUT2D eigenvalue weighted by atomic mass is 32.2. The molecule has 2 aromatic rings. The number of carbonyl (C=O) groups is 3. The Morgan fingerprint density at radius 3 is 2.21 bits per heavy atom. The summed E-state index contributed by atoms with van der Waals surface area (Å²) in [5.74, 6) is -4.80. The van der Waals surface area contributed by atoms with Gasteiger partial charge in [-0.2, -0.15) is 9.49 Å². The fourth-order valence-electron chi connectivity index (χ4n) is 3.32. The van der Waals surface area contributed by atoms with Gasteiger partial charge in [0.15, 0.2) is 35.3 Å². The number of thioether (sulfide) groups is 1. The summed E-state index contributed by atoms with van der Waals surface area (Å²) >= 11 is 1.04. The Morgan fingerprint density at radius 2 is 1.64 bits per heavy atom. The molecule has 3 rings (SSSR count). The third-order valence-electron chi connectivity index (χ3n) is 4.58. The van der Waals surface area contributed by atoms with Crippen molar-refractivity contribution in [3.05, 3.63) is 36.2 Å². The van der Waals surface area contributed by atoms with E-state index in [1.807, 2.05) is 0 Å². The molecule has 0 N–H and O–H groups in total. The van der Waals surface area contributed by atoms with Gasteiger partial charge in [0.05, 0.1) is 6.20 Å². The lowest BCUT2D eigenvalue weighted by Gasteiger charge is -2.39. The molecule has 0 aliphatic carbocycles. The lowest BCUT2D eigenvalue weighted by atomic mass is 10.1. The maximum absolute atomic E-state index is 14.6. The first kappa shape index (κ1) is 24.5. The molecule has 12 heteroatoms. The van der Waals surface area contributed by atoms with Crippen LogP contribution in [0.15, 0.2) is 24.5 Å². The lowest BCUT2D eigenvalue weighted by Crippen LogP contribution is -2.55. The molecule has 1 fully saturated rings. The minimum absolute atomic E-state index is 0.0896. The molecule has 1 saturated heterocycles. The highest BCUT2D eigenvalue weighted by Gasteiger charge is 2.48. The number of ether oxygens (including phenoxy) is 4. The van der Waals surface area contributed by atoms with Crippen molar-refractivity contribution in [2.75, 3.05) is 5.75 Å². The molecule has 33 heavy (non-hydrogen) atoms. The van der Waals surface area contributed by atoms with Crippen LogP contribution in [0.5, 0.6) is 5.75 Å². The Labute approximate surface area is 192 Å². The van der Waals surface area contributed by atoms with E-state index in [4.69, 9.17) is 18.9 Å². The molecule has 0 saturated carbocycles. The number of benzene rings is 1. The molecule has 9 nitrogen and oxygen atoms in total.